The average molecular weight is 257 g/mol. The molecule has 0 radical (unpaired) electrons. The number of nitrogens with zero attached hydrogens (tertiary/aromatic N) is 2. The molecule has 4 nitrogen and oxygen atoms in total. The highest BCUT2D eigenvalue weighted by Gasteiger charge is 2.04. The Labute approximate surface area is 113 Å². The molecular weight excluding hydrogens is 238 g/mol. The molecule has 0 aromatic carbocycles. The Balaban J connectivity index is 1.88. The van der Waals surface area contributed by atoms with Crippen LogP contribution in [0, 0.1) is 0 Å². The fraction of sp³-hybridized carbons (Fsp3) is 0.333. The molecule has 0 aliphatic rings. The van der Waals surface area contributed by atoms with E-state index in [-0.39, 0.29) is 0 Å². The summed E-state index contributed by atoms with van der Waals surface area (Å²) in [5, 5.41) is 3.28. The monoisotopic (exact) mass is 257 g/mol. The zero-order valence-electron chi connectivity index (χ0n) is 11.2. The third-order valence-corrected chi connectivity index (χ3v) is 2.74. The van der Waals surface area contributed by atoms with Gasteiger partial charge in [-0.25, -0.2) is 4.98 Å². The van der Waals surface area contributed by atoms with Crippen molar-refractivity contribution < 1.29 is 4.74 Å². The Kier molecular flexibility index (Phi) is 5.31. The maximum Gasteiger partial charge on any atom is 0.217 e. The van der Waals surface area contributed by atoms with Crippen LogP contribution in [0.15, 0.2) is 42.7 Å². The second kappa shape index (κ2) is 7.48. The third kappa shape index (κ3) is 4.34. The fourth-order valence-electron chi connectivity index (χ4n) is 1.75. The van der Waals surface area contributed by atoms with Crippen LogP contribution < -0.4 is 10.1 Å². The van der Waals surface area contributed by atoms with Gasteiger partial charge in [0, 0.05) is 36.6 Å². The van der Waals surface area contributed by atoms with E-state index in [9.17, 15) is 0 Å². The van der Waals surface area contributed by atoms with Crippen LogP contribution >= 0.6 is 0 Å². The molecule has 2 heterocycles. The Morgan fingerprint density at radius 1 is 1.11 bits per heavy atom. The van der Waals surface area contributed by atoms with Crippen LogP contribution in [0.4, 0.5) is 0 Å². The molecule has 2 aromatic heterocycles. The number of hydrogen-bond donors (Lipinski definition) is 1. The first-order valence-electron chi connectivity index (χ1n) is 6.57. The lowest BCUT2D eigenvalue weighted by molar-refractivity contribution is 0.304. The van der Waals surface area contributed by atoms with Crippen LogP contribution in [0.3, 0.4) is 0 Å². The summed E-state index contributed by atoms with van der Waals surface area (Å²) in [6.45, 7) is 4.39. The van der Waals surface area contributed by atoms with Crippen LogP contribution in [0.2, 0.25) is 0 Å². The highest BCUT2D eigenvalue weighted by molar-refractivity contribution is 5.25. The van der Waals surface area contributed by atoms with Crippen molar-refractivity contribution in [2.24, 2.45) is 0 Å². The minimum Gasteiger partial charge on any atom is -0.477 e. The molecule has 0 amide bonds. The van der Waals surface area contributed by atoms with Gasteiger partial charge in [0.05, 0.1) is 6.61 Å². The lowest BCUT2D eigenvalue weighted by atomic mass is 10.2. The Morgan fingerprint density at radius 2 is 2.00 bits per heavy atom. The van der Waals surface area contributed by atoms with Gasteiger partial charge in [-0.3, -0.25) is 4.98 Å². The zero-order valence-corrected chi connectivity index (χ0v) is 11.2. The highest BCUT2D eigenvalue weighted by Crippen LogP contribution is 2.14. The molecule has 0 aliphatic heterocycles. The first-order valence-corrected chi connectivity index (χ1v) is 6.57. The third-order valence-electron chi connectivity index (χ3n) is 2.74. The predicted octanol–water partition coefficient (Wildman–Crippen LogP) is 2.21. The Bertz CT molecular complexity index is 488. The molecule has 0 fully saturated rings. The normalized spacial score (nSPS) is 10.4. The summed E-state index contributed by atoms with van der Waals surface area (Å²) in [7, 11) is 0. The van der Waals surface area contributed by atoms with Gasteiger partial charge in [0.1, 0.15) is 0 Å². The first-order chi connectivity index (χ1) is 9.40. The Morgan fingerprint density at radius 3 is 2.79 bits per heavy atom. The van der Waals surface area contributed by atoms with Crippen LogP contribution in [-0.2, 0) is 13.0 Å². The summed E-state index contributed by atoms with van der Waals surface area (Å²) in [5.74, 6) is 0.708. The number of hydrogen-bond acceptors (Lipinski definition) is 4. The minimum absolute atomic E-state index is 0.590. The largest absolute Gasteiger partial charge is 0.477 e. The molecule has 0 saturated carbocycles. The van der Waals surface area contributed by atoms with Crippen molar-refractivity contribution >= 4 is 0 Å². The van der Waals surface area contributed by atoms with Gasteiger partial charge in [-0.1, -0.05) is 19.1 Å². The van der Waals surface area contributed by atoms with Gasteiger partial charge in [0.25, 0.3) is 0 Å². The highest BCUT2D eigenvalue weighted by atomic mass is 16.5. The number of pyridine rings is 2. The predicted molar refractivity (Wildman–Crippen MR) is 75.1 cm³/mol. The van der Waals surface area contributed by atoms with E-state index in [0.717, 1.165) is 30.8 Å². The number of aromatic nitrogens is 2. The summed E-state index contributed by atoms with van der Waals surface area (Å²) in [6.07, 6.45) is 4.34. The summed E-state index contributed by atoms with van der Waals surface area (Å²) < 4.78 is 5.75. The van der Waals surface area contributed by atoms with Crippen LogP contribution in [-0.4, -0.2) is 23.1 Å². The number of rotatable bonds is 7. The van der Waals surface area contributed by atoms with Crippen molar-refractivity contribution in [3.8, 4) is 5.88 Å². The van der Waals surface area contributed by atoms with Gasteiger partial charge in [0.15, 0.2) is 0 Å². The van der Waals surface area contributed by atoms with E-state index >= 15 is 0 Å². The maximum absolute atomic E-state index is 5.75. The number of nitrogens with one attached hydrogen (secondary N) is 1. The van der Waals surface area contributed by atoms with E-state index in [2.05, 4.69) is 22.2 Å². The van der Waals surface area contributed by atoms with Gasteiger partial charge < -0.3 is 10.1 Å². The van der Waals surface area contributed by atoms with E-state index in [0.29, 0.717) is 12.5 Å². The molecule has 0 saturated heterocycles. The SMILES string of the molecule is CCNCc1cccnc1OCCc1ccccn1. The summed E-state index contributed by atoms with van der Waals surface area (Å²) in [6, 6.07) is 9.86. The topological polar surface area (TPSA) is 47.0 Å². The lowest BCUT2D eigenvalue weighted by Crippen LogP contribution is -2.14. The van der Waals surface area contributed by atoms with Gasteiger partial charge >= 0.3 is 0 Å². The second-order valence-electron chi connectivity index (χ2n) is 4.17. The molecule has 2 aromatic rings. The van der Waals surface area contributed by atoms with Crippen molar-refractivity contribution in [2.75, 3.05) is 13.2 Å². The van der Waals surface area contributed by atoms with Gasteiger partial charge in [-0.2, -0.15) is 0 Å². The minimum atomic E-state index is 0.590. The molecular formula is C15H19N3O. The average Bonchev–Trinajstić information content (AvgIpc) is 2.47. The molecule has 100 valence electrons. The molecule has 0 spiro atoms. The van der Waals surface area contributed by atoms with Crippen molar-refractivity contribution in [1.82, 2.24) is 15.3 Å². The van der Waals surface area contributed by atoms with Crippen LogP contribution in [0.1, 0.15) is 18.2 Å². The van der Waals surface area contributed by atoms with Crippen molar-refractivity contribution in [3.63, 3.8) is 0 Å². The summed E-state index contributed by atoms with van der Waals surface area (Å²) >= 11 is 0. The van der Waals surface area contributed by atoms with E-state index in [1.165, 1.54) is 0 Å². The smallest absolute Gasteiger partial charge is 0.217 e. The molecule has 2 rings (SSSR count). The van der Waals surface area contributed by atoms with E-state index in [4.69, 9.17) is 4.74 Å². The van der Waals surface area contributed by atoms with Crippen LogP contribution in [0.25, 0.3) is 0 Å². The molecule has 0 aliphatic carbocycles. The number of ether oxygens (including phenoxy) is 1. The quantitative estimate of drug-likeness (QED) is 0.826. The van der Waals surface area contributed by atoms with Crippen molar-refractivity contribution in [2.45, 2.75) is 19.9 Å². The summed E-state index contributed by atoms with van der Waals surface area (Å²) in [5.41, 5.74) is 2.12. The maximum atomic E-state index is 5.75. The molecule has 4 heteroatoms. The van der Waals surface area contributed by atoms with Crippen molar-refractivity contribution in [3.05, 3.63) is 54.0 Å². The zero-order chi connectivity index (χ0) is 13.3. The molecule has 0 bridgehead atoms. The van der Waals surface area contributed by atoms with Gasteiger partial charge in [0.2, 0.25) is 5.88 Å². The first kappa shape index (κ1) is 13.5. The fourth-order valence-corrected chi connectivity index (χ4v) is 1.75. The van der Waals surface area contributed by atoms with E-state index in [1.54, 1.807) is 12.4 Å². The molecule has 0 unspecified atom stereocenters. The van der Waals surface area contributed by atoms with E-state index in [1.807, 2.05) is 30.3 Å². The Hall–Kier alpha value is -1.94. The second-order valence-corrected chi connectivity index (χ2v) is 4.17. The lowest BCUT2D eigenvalue weighted by Gasteiger charge is -2.10. The molecule has 0 atom stereocenters. The summed E-state index contributed by atoms with van der Waals surface area (Å²) in [4.78, 5) is 8.55. The standard InChI is InChI=1S/C15H19N3O/c1-2-16-12-13-6-5-10-18-15(13)19-11-8-14-7-3-4-9-17-14/h3-7,9-10,16H,2,8,11-12H2,1H3. The molecule has 1 N–H and O–H groups in total. The van der Waals surface area contributed by atoms with Crippen molar-refractivity contribution in [1.29, 1.82) is 0 Å². The molecule has 19 heavy (non-hydrogen) atoms. The van der Waals surface area contributed by atoms with Gasteiger partial charge in [-0.15, -0.1) is 0 Å². The van der Waals surface area contributed by atoms with E-state index < -0.39 is 0 Å². The van der Waals surface area contributed by atoms with Gasteiger partial charge in [-0.05, 0) is 24.7 Å². The van der Waals surface area contributed by atoms with Crippen LogP contribution in [0.5, 0.6) is 5.88 Å².